The van der Waals surface area contributed by atoms with Crippen LogP contribution in [-0.2, 0) is 0 Å². The fraction of sp³-hybridized carbons (Fsp3) is 1.00. The average molecular weight is 173 g/mol. The molecule has 0 radical (unpaired) electrons. The Morgan fingerprint density at radius 2 is 2.08 bits per heavy atom. The standard InChI is InChI=1S/C9H19NO.CH4/c1-8(2)10-6-4-3-5-9(10)7-11;/h8-9,11H,3-7H2,1-2H3;1H4/t9-;/m1./s1. The van der Waals surface area contributed by atoms with Crippen LogP contribution < -0.4 is 0 Å². The van der Waals surface area contributed by atoms with E-state index in [-0.39, 0.29) is 7.43 Å². The van der Waals surface area contributed by atoms with E-state index in [0.717, 1.165) is 0 Å². The summed E-state index contributed by atoms with van der Waals surface area (Å²) in [6.45, 7) is 5.91. The van der Waals surface area contributed by atoms with Crippen molar-refractivity contribution in [3.63, 3.8) is 0 Å². The summed E-state index contributed by atoms with van der Waals surface area (Å²) in [7, 11) is 0. The van der Waals surface area contributed by atoms with Gasteiger partial charge < -0.3 is 5.11 Å². The molecular weight excluding hydrogens is 150 g/mol. The predicted molar refractivity (Wildman–Crippen MR) is 53.3 cm³/mol. The third-order valence-corrected chi connectivity index (χ3v) is 2.55. The zero-order valence-corrected chi connectivity index (χ0v) is 7.58. The first-order chi connectivity index (χ1) is 5.25. The lowest BCUT2D eigenvalue weighted by molar-refractivity contribution is 0.0653. The minimum Gasteiger partial charge on any atom is -0.395 e. The number of hydrogen-bond acceptors (Lipinski definition) is 2. The molecule has 2 nitrogen and oxygen atoms in total. The van der Waals surface area contributed by atoms with Gasteiger partial charge in [0, 0.05) is 12.1 Å². The van der Waals surface area contributed by atoms with Gasteiger partial charge in [-0.1, -0.05) is 13.8 Å². The van der Waals surface area contributed by atoms with E-state index in [0.29, 0.717) is 18.7 Å². The third kappa shape index (κ3) is 2.76. The van der Waals surface area contributed by atoms with Crippen LogP contribution in [0, 0.1) is 0 Å². The first-order valence-electron chi connectivity index (χ1n) is 4.62. The maximum atomic E-state index is 9.07. The van der Waals surface area contributed by atoms with Crippen molar-refractivity contribution in [2.75, 3.05) is 13.2 Å². The molecule has 1 fully saturated rings. The van der Waals surface area contributed by atoms with Crippen LogP contribution in [0.5, 0.6) is 0 Å². The van der Waals surface area contributed by atoms with Crippen molar-refractivity contribution in [1.29, 1.82) is 0 Å². The molecule has 12 heavy (non-hydrogen) atoms. The Hall–Kier alpha value is -0.0800. The van der Waals surface area contributed by atoms with Gasteiger partial charge in [0.05, 0.1) is 6.61 Å². The van der Waals surface area contributed by atoms with Gasteiger partial charge >= 0.3 is 0 Å². The number of aliphatic hydroxyl groups is 1. The topological polar surface area (TPSA) is 23.5 Å². The molecule has 1 aliphatic heterocycles. The second-order valence-electron chi connectivity index (χ2n) is 3.66. The minimum atomic E-state index is 0. The Balaban J connectivity index is 0.00000121. The van der Waals surface area contributed by atoms with Crippen molar-refractivity contribution >= 4 is 0 Å². The second kappa shape index (κ2) is 5.55. The largest absolute Gasteiger partial charge is 0.395 e. The Morgan fingerprint density at radius 1 is 1.42 bits per heavy atom. The molecule has 0 spiro atoms. The van der Waals surface area contributed by atoms with Gasteiger partial charge in [0.1, 0.15) is 0 Å². The molecule has 0 saturated carbocycles. The quantitative estimate of drug-likeness (QED) is 0.689. The van der Waals surface area contributed by atoms with Crippen LogP contribution in [-0.4, -0.2) is 35.2 Å². The van der Waals surface area contributed by atoms with Crippen LogP contribution in [0.2, 0.25) is 0 Å². The Morgan fingerprint density at radius 3 is 2.50 bits per heavy atom. The minimum absolute atomic E-state index is 0. The molecule has 0 bridgehead atoms. The van der Waals surface area contributed by atoms with Gasteiger partial charge in [-0.05, 0) is 33.2 Å². The van der Waals surface area contributed by atoms with Crippen LogP contribution in [0.1, 0.15) is 40.5 Å². The molecule has 2 heteroatoms. The molecule has 1 saturated heterocycles. The maximum absolute atomic E-state index is 9.07. The van der Waals surface area contributed by atoms with Crippen LogP contribution in [0.25, 0.3) is 0 Å². The van der Waals surface area contributed by atoms with Crippen molar-refractivity contribution in [3.05, 3.63) is 0 Å². The predicted octanol–water partition coefficient (Wildman–Crippen LogP) is 1.88. The lowest BCUT2D eigenvalue weighted by Gasteiger charge is -2.37. The molecule has 1 atom stereocenters. The first kappa shape index (κ1) is 11.9. The van der Waals surface area contributed by atoms with Gasteiger partial charge in [0.2, 0.25) is 0 Å². The van der Waals surface area contributed by atoms with E-state index in [2.05, 4.69) is 18.7 Å². The lowest BCUT2D eigenvalue weighted by Crippen LogP contribution is -2.45. The Labute approximate surface area is 76.6 Å². The van der Waals surface area contributed by atoms with Crippen LogP contribution in [0.15, 0.2) is 0 Å². The Kier molecular flexibility index (Phi) is 5.51. The molecule has 74 valence electrons. The maximum Gasteiger partial charge on any atom is 0.0586 e. The highest BCUT2D eigenvalue weighted by molar-refractivity contribution is 4.78. The van der Waals surface area contributed by atoms with E-state index < -0.39 is 0 Å². The van der Waals surface area contributed by atoms with Gasteiger partial charge in [0.15, 0.2) is 0 Å². The fourth-order valence-corrected chi connectivity index (χ4v) is 1.90. The van der Waals surface area contributed by atoms with Gasteiger partial charge in [-0.2, -0.15) is 0 Å². The van der Waals surface area contributed by atoms with Crippen LogP contribution in [0.3, 0.4) is 0 Å². The highest BCUT2D eigenvalue weighted by Crippen LogP contribution is 2.18. The number of aliphatic hydroxyl groups excluding tert-OH is 1. The normalized spacial score (nSPS) is 25.5. The van der Waals surface area contributed by atoms with E-state index in [4.69, 9.17) is 5.11 Å². The van der Waals surface area contributed by atoms with Crippen molar-refractivity contribution < 1.29 is 5.11 Å². The second-order valence-corrected chi connectivity index (χ2v) is 3.66. The molecule has 0 aromatic rings. The van der Waals surface area contributed by atoms with Crippen molar-refractivity contribution in [2.45, 2.75) is 52.6 Å². The van der Waals surface area contributed by atoms with E-state index in [9.17, 15) is 0 Å². The molecule has 1 rings (SSSR count). The van der Waals surface area contributed by atoms with Gasteiger partial charge in [0.25, 0.3) is 0 Å². The number of likely N-dealkylation sites (tertiary alicyclic amines) is 1. The summed E-state index contributed by atoms with van der Waals surface area (Å²) in [4.78, 5) is 2.41. The zero-order valence-electron chi connectivity index (χ0n) is 7.58. The van der Waals surface area contributed by atoms with Crippen molar-refractivity contribution in [2.24, 2.45) is 0 Å². The molecule has 0 aromatic heterocycles. The lowest BCUT2D eigenvalue weighted by atomic mass is 10.0. The van der Waals surface area contributed by atoms with E-state index in [1.165, 1.54) is 25.8 Å². The summed E-state index contributed by atoms with van der Waals surface area (Å²) in [6, 6.07) is 1.02. The van der Waals surface area contributed by atoms with Crippen LogP contribution in [0.4, 0.5) is 0 Å². The molecule has 1 N–H and O–H groups in total. The molecule has 1 heterocycles. The molecular formula is C10H23NO. The fourth-order valence-electron chi connectivity index (χ4n) is 1.90. The van der Waals surface area contributed by atoms with Gasteiger partial charge in [-0.3, -0.25) is 4.90 Å². The number of hydrogen-bond donors (Lipinski definition) is 1. The summed E-state index contributed by atoms with van der Waals surface area (Å²) in [5, 5.41) is 9.07. The van der Waals surface area contributed by atoms with E-state index >= 15 is 0 Å². The van der Waals surface area contributed by atoms with Gasteiger partial charge in [-0.25, -0.2) is 0 Å². The third-order valence-electron chi connectivity index (χ3n) is 2.55. The van der Waals surface area contributed by atoms with Crippen LogP contribution >= 0.6 is 0 Å². The highest BCUT2D eigenvalue weighted by Gasteiger charge is 2.22. The summed E-state index contributed by atoms with van der Waals surface area (Å²) in [6.07, 6.45) is 3.76. The Bertz CT molecular complexity index is 114. The molecule has 0 amide bonds. The summed E-state index contributed by atoms with van der Waals surface area (Å²) in [5.41, 5.74) is 0. The number of piperidine rings is 1. The molecule has 0 aliphatic carbocycles. The van der Waals surface area contributed by atoms with Crippen molar-refractivity contribution in [1.82, 2.24) is 4.90 Å². The molecule has 0 unspecified atom stereocenters. The monoisotopic (exact) mass is 173 g/mol. The van der Waals surface area contributed by atoms with Crippen molar-refractivity contribution in [3.8, 4) is 0 Å². The summed E-state index contributed by atoms with van der Waals surface area (Å²) in [5.74, 6) is 0. The van der Waals surface area contributed by atoms with E-state index in [1.54, 1.807) is 0 Å². The first-order valence-corrected chi connectivity index (χ1v) is 4.62. The number of rotatable bonds is 2. The summed E-state index contributed by atoms with van der Waals surface area (Å²) < 4.78 is 0. The molecule has 0 aromatic carbocycles. The smallest absolute Gasteiger partial charge is 0.0586 e. The zero-order chi connectivity index (χ0) is 8.27. The highest BCUT2D eigenvalue weighted by atomic mass is 16.3. The molecule has 1 aliphatic rings. The average Bonchev–Trinajstić information content (AvgIpc) is 2.04. The van der Waals surface area contributed by atoms with Gasteiger partial charge in [-0.15, -0.1) is 0 Å². The van der Waals surface area contributed by atoms with E-state index in [1.807, 2.05) is 0 Å². The number of nitrogens with zero attached hydrogens (tertiary/aromatic N) is 1. The summed E-state index contributed by atoms with van der Waals surface area (Å²) >= 11 is 0. The SMILES string of the molecule is C.CC(C)N1CCCC[C@@H]1CO.